The third-order valence-corrected chi connectivity index (χ3v) is 7.73. The molecule has 0 spiro atoms. The lowest BCUT2D eigenvalue weighted by atomic mass is 9.73. The molecule has 0 saturated carbocycles. The second kappa shape index (κ2) is 9.64. The van der Waals surface area contributed by atoms with Crippen molar-refractivity contribution < 1.29 is 14.3 Å². The Balaban J connectivity index is 1.66. The largest absolute Gasteiger partial charge is 0.497 e. The standard InChI is InChI=1S/C30H37N3O3/c1-20-9-8-14-32(18-20)27(35)19-33-25-13-6-5-12-23(25)31-24-16-30(2,3)17-26(34)28(24)29(33)21-10-7-11-22(15-21)36-4/h5-7,10-13,15,20,29,31H,8-9,14,16-19H2,1-4H3. The average molecular weight is 488 g/mol. The van der Waals surface area contributed by atoms with Crippen LogP contribution in [0.1, 0.15) is 58.1 Å². The summed E-state index contributed by atoms with van der Waals surface area (Å²) in [7, 11) is 1.65. The van der Waals surface area contributed by atoms with Crippen molar-refractivity contribution >= 4 is 23.1 Å². The molecule has 6 heteroatoms. The normalized spacial score (nSPS) is 23.4. The number of nitrogens with zero attached hydrogens (tertiary/aromatic N) is 2. The number of carbonyl (C=O) groups is 2. The number of likely N-dealkylation sites (tertiary alicyclic amines) is 1. The van der Waals surface area contributed by atoms with E-state index in [1.807, 2.05) is 47.4 Å². The van der Waals surface area contributed by atoms with Crippen molar-refractivity contribution in [3.8, 4) is 5.75 Å². The zero-order valence-electron chi connectivity index (χ0n) is 21.8. The monoisotopic (exact) mass is 487 g/mol. The molecule has 6 nitrogen and oxygen atoms in total. The van der Waals surface area contributed by atoms with E-state index in [1.54, 1.807) is 7.11 Å². The Morgan fingerprint density at radius 3 is 2.72 bits per heavy atom. The van der Waals surface area contributed by atoms with Crippen LogP contribution < -0.4 is 15.0 Å². The molecule has 36 heavy (non-hydrogen) atoms. The molecular weight excluding hydrogens is 450 g/mol. The molecule has 2 atom stereocenters. The summed E-state index contributed by atoms with van der Waals surface area (Å²) in [5.41, 5.74) is 4.40. The van der Waals surface area contributed by atoms with Gasteiger partial charge in [0.2, 0.25) is 5.91 Å². The zero-order chi connectivity index (χ0) is 25.4. The van der Waals surface area contributed by atoms with E-state index in [-0.39, 0.29) is 29.7 Å². The van der Waals surface area contributed by atoms with E-state index in [0.29, 0.717) is 12.3 Å². The molecule has 3 aliphatic rings. The van der Waals surface area contributed by atoms with Gasteiger partial charge in [0.1, 0.15) is 5.75 Å². The highest BCUT2D eigenvalue weighted by Gasteiger charge is 2.42. The van der Waals surface area contributed by atoms with E-state index in [2.05, 4.69) is 37.1 Å². The van der Waals surface area contributed by atoms with Gasteiger partial charge in [-0.1, -0.05) is 45.0 Å². The second-order valence-corrected chi connectivity index (χ2v) is 11.4. The van der Waals surface area contributed by atoms with Crippen molar-refractivity contribution in [3.05, 3.63) is 65.4 Å². The topological polar surface area (TPSA) is 61.9 Å². The molecule has 0 bridgehead atoms. The van der Waals surface area contributed by atoms with E-state index in [9.17, 15) is 9.59 Å². The molecule has 1 fully saturated rings. The summed E-state index contributed by atoms with van der Waals surface area (Å²) < 4.78 is 5.56. The van der Waals surface area contributed by atoms with Gasteiger partial charge >= 0.3 is 0 Å². The molecule has 2 aromatic rings. The van der Waals surface area contributed by atoms with Crippen LogP contribution in [-0.2, 0) is 9.59 Å². The molecule has 1 N–H and O–H groups in total. The third-order valence-electron chi connectivity index (χ3n) is 7.73. The minimum Gasteiger partial charge on any atom is -0.497 e. The van der Waals surface area contributed by atoms with Crippen molar-refractivity contribution in [2.45, 2.75) is 52.5 Å². The first kappa shape index (κ1) is 24.4. The van der Waals surface area contributed by atoms with Crippen molar-refractivity contribution in [2.24, 2.45) is 11.3 Å². The number of hydrogen-bond acceptors (Lipinski definition) is 5. The predicted molar refractivity (Wildman–Crippen MR) is 143 cm³/mol. The second-order valence-electron chi connectivity index (χ2n) is 11.4. The summed E-state index contributed by atoms with van der Waals surface area (Å²) in [5, 5.41) is 3.63. The molecule has 5 rings (SSSR count). The van der Waals surface area contributed by atoms with Gasteiger partial charge in [-0.05, 0) is 60.4 Å². The summed E-state index contributed by atoms with van der Waals surface area (Å²) >= 11 is 0. The minimum absolute atomic E-state index is 0.108. The van der Waals surface area contributed by atoms with Crippen molar-refractivity contribution in [1.82, 2.24) is 4.90 Å². The van der Waals surface area contributed by atoms with Crippen LogP contribution in [0, 0.1) is 11.3 Å². The first-order valence-electron chi connectivity index (χ1n) is 13.1. The highest BCUT2D eigenvalue weighted by molar-refractivity contribution is 6.02. The summed E-state index contributed by atoms with van der Waals surface area (Å²) in [6, 6.07) is 15.6. The number of allylic oxidation sites excluding steroid dienone is 1. The molecule has 2 unspecified atom stereocenters. The SMILES string of the molecule is COc1cccc(C2C3=C(CC(C)(C)CC3=O)Nc3ccccc3N2CC(=O)N2CCCC(C)C2)c1. The van der Waals surface area contributed by atoms with Gasteiger partial charge in [0, 0.05) is 30.8 Å². The van der Waals surface area contributed by atoms with Crippen LogP contribution in [-0.4, -0.2) is 43.3 Å². The number of nitrogens with one attached hydrogen (secondary N) is 1. The Bertz CT molecular complexity index is 1200. The number of piperidine rings is 1. The molecule has 0 radical (unpaired) electrons. The fourth-order valence-corrected chi connectivity index (χ4v) is 6.05. The number of ketones is 1. The number of rotatable bonds is 4. The van der Waals surface area contributed by atoms with Crippen LogP contribution in [0.3, 0.4) is 0 Å². The number of hydrogen-bond donors (Lipinski definition) is 1. The van der Waals surface area contributed by atoms with Gasteiger partial charge in [-0.25, -0.2) is 0 Å². The number of fused-ring (bicyclic) bond motifs is 1. The molecule has 1 amide bonds. The zero-order valence-corrected chi connectivity index (χ0v) is 21.8. The molecule has 2 aliphatic heterocycles. The lowest BCUT2D eigenvalue weighted by molar-refractivity contribution is -0.131. The molecule has 2 heterocycles. The number of anilines is 2. The lowest BCUT2D eigenvalue weighted by Gasteiger charge is -2.39. The fourth-order valence-electron chi connectivity index (χ4n) is 6.05. The van der Waals surface area contributed by atoms with E-state index in [0.717, 1.165) is 66.3 Å². The number of benzene rings is 2. The molecular formula is C30H37N3O3. The fraction of sp³-hybridized carbons (Fsp3) is 0.467. The molecule has 1 aliphatic carbocycles. The van der Waals surface area contributed by atoms with Crippen LogP contribution in [0.4, 0.5) is 11.4 Å². The Labute approximate surface area is 214 Å². The highest BCUT2D eigenvalue weighted by Crippen LogP contribution is 2.48. The Morgan fingerprint density at radius 1 is 1.14 bits per heavy atom. The summed E-state index contributed by atoms with van der Waals surface area (Å²) in [6.45, 7) is 8.29. The number of Topliss-reactive ketones (excluding diaryl/α,β-unsaturated/α-hetero) is 1. The molecule has 2 aromatic carbocycles. The number of carbonyl (C=O) groups excluding carboxylic acids is 2. The average Bonchev–Trinajstić information content (AvgIpc) is 2.98. The smallest absolute Gasteiger partial charge is 0.242 e. The van der Waals surface area contributed by atoms with Crippen LogP contribution in [0.15, 0.2) is 59.8 Å². The first-order chi connectivity index (χ1) is 17.3. The van der Waals surface area contributed by atoms with E-state index in [1.165, 1.54) is 0 Å². The van der Waals surface area contributed by atoms with Gasteiger partial charge in [0.05, 0.1) is 31.1 Å². The number of methoxy groups -OCH3 is 1. The maximum absolute atomic E-state index is 13.8. The van der Waals surface area contributed by atoms with Crippen LogP contribution in [0.5, 0.6) is 5.75 Å². The van der Waals surface area contributed by atoms with Gasteiger partial charge < -0.3 is 19.9 Å². The summed E-state index contributed by atoms with van der Waals surface area (Å²) in [6.07, 6.45) is 3.45. The Hall–Kier alpha value is -3.28. The molecule has 190 valence electrons. The Morgan fingerprint density at radius 2 is 1.94 bits per heavy atom. The summed E-state index contributed by atoms with van der Waals surface area (Å²) in [5.74, 6) is 1.49. The number of amides is 1. The number of ether oxygens (including phenoxy) is 1. The quantitative estimate of drug-likeness (QED) is 0.611. The van der Waals surface area contributed by atoms with E-state index in [4.69, 9.17) is 4.74 Å². The van der Waals surface area contributed by atoms with Gasteiger partial charge in [0.15, 0.2) is 5.78 Å². The van der Waals surface area contributed by atoms with Gasteiger partial charge in [-0.3, -0.25) is 9.59 Å². The first-order valence-corrected chi connectivity index (χ1v) is 13.1. The van der Waals surface area contributed by atoms with E-state index < -0.39 is 0 Å². The van der Waals surface area contributed by atoms with Crippen molar-refractivity contribution in [3.63, 3.8) is 0 Å². The number of para-hydroxylation sites is 2. The molecule has 1 saturated heterocycles. The van der Waals surface area contributed by atoms with E-state index >= 15 is 0 Å². The van der Waals surface area contributed by atoms with Crippen LogP contribution in [0.25, 0.3) is 0 Å². The van der Waals surface area contributed by atoms with Gasteiger partial charge in [-0.15, -0.1) is 0 Å². The summed E-state index contributed by atoms with van der Waals surface area (Å²) in [4.78, 5) is 31.7. The highest BCUT2D eigenvalue weighted by atomic mass is 16.5. The van der Waals surface area contributed by atoms with Crippen molar-refractivity contribution in [2.75, 3.05) is 37.0 Å². The maximum Gasteiger partial charge on any atom is 0.242 e. The van der Waals surface area contributed by atoms with Gasteiger partial charge in [-0.2, -0.15) is 0 Å². The van der Waals surface area contributed by atoms with Crippen LogP contribution >= 0.6 is 0 Å². The van der Waals surface area contributed by atoms with Gasteiger partial charge in [0.25, 0.3) is 0 Å². The maximum atomic E-state index is 13.8. The van der Waals surface area contributed by atoms with Crippen LogP contribution in [0.2, 0.25) is 0 Å². The predicted octanol–water partition coefficient (Wildman–Crippen LogP) is 5.57. The third kappa shape index (κ3) is 4.73. The minimum atomic E-state index is -0.388. The molecule has 0 aromatic heterocycles. The lowest BCUT2D eigenvalue weighted by Crippen LogP contribution is -2.46. The van der Waals surface area contributed by atoms with Crippen molar-refractivity contribution in [1.29, 1.82) is 0 Å². The Kier molecular flexibility index (Phi) is 6.54.